The van der Waals surface area contributed by atoms with Gasteiger partial charge in [-0.2, -0.15) is 0 Å². The van der Waals surface area contributed by atoms with Gasteiger partial charge in [-0.05, 0) is 18.2 Å². The molecule has 2 aromatic rings. The Morgan fingerprint density at radius 3 is 2.72 bits per heavy atom. The highest BCUT2D eigenvalue weighted by atomic mass is 16.5. The molecule has 0 aliphatic rings. The number of rotatable bonds is 4. The molecule has 18 heavy (non-hydrogen) atoms. The van der Waals surface area contributed by atoms with Crippen molar-refractivity contribution >= 4 is 11.7 Å². The summed E-state index contributed by atoms with van der Waals surface area (Å²) in [5, 5.41) is 2.74. The Labute approximate surface area is 106 Å². The van der Waals surface area contributed by atoms with E-state index in [0.717, 1.165) is 5.56 Å². The standard InChI is InChI=1S/C14H14N2O2/c1-18-12-7-3-2-6-11(12)10-14(17)16-13-8-4-5-9-15-13/h2-9H,10H2,1H3,(H,15,16,17). The van der Waals surface area contributed by atoms with Crippen LogP contribution in [0.2, 0.25) is 0 Å². The fraction of sp³-hybridized carbons (Fsp3) is 0.143. The van der Waals surface area contributed by atoms with Crippen LogP contribution < -0.4 is 10.1 Å². The van der Waals surface area contributed by atoms with E-state index in [-0.39, 0.29) is 12.3 Å². The van der Waals surface area contributed by atoms with E-state index in [4.69, 9.17) is 4.74 Å². The van der Waals surface area contributed by atoms with Crippen LogP contribution in [0.1, 0.15) is 5.56 Å². The number of hydrogen-bond acceptors (Lipinski definition) is 3. The first-order chi connectivity index (χ1) is 8.79. The zero-order valence-electron chi connectivity index (χ0n) is 10.1. The first kappa shape index (κ1) is 12.1. The molecule has 92 valence electrons. The molecule has 2 rings (SSSR count). The molecule has 4 heteroatoms. The van der Waals surface area contributed by atoms with Gasteiger partial charge >= 0.3 is 0 Å². The van der Waals surface area contributed by atoms with Gasteiger partial charge in [0.05, 0.1) is 13.5 Å². The minimum Gasteiger partial charge on any atom is -0.496 e. The van der Waals surface area contributed by atoms with Crippen LogP contribution in [0.15, 0.2) is 48.7 Å². The topological polar surface area (TPSA) is 51.2 Å². The Kier molecular flexibility index (Phi) is 3.91. The minimum absolute atomic E-state index is 0.113. The molecule has 0 bridgehead atoms. The lowest BCUT2D eigenvalue weighted by molar-refractivity contribution is -0.115. The van der Waals surface area contributed by atoms with Gasteiger partial charge in [0.1, 0.15) is 11.6 Å². The van der Waals surface area contributed by atoms with Crippen LogP contribution in [0.4, 0.5) is 5.82 Å². The molecular formula is C14H14N2O2. The second-order valence-corrected chi connectivity index (χ2v) is 3.75. The van der Waals surface area contributed by atoms with Crippen molar-refractivity contribution in [1.82, 2.24) is 4.98 Å². The van der Waals surface area contributed by atoms with E-state index in [0.29, 0.717) is 11.6 Å². The zero-order valence-corrected chi connectivity index (χ0v) is 10.1. The molecule has 0 unspecified atom stereocenters. The molecule has 0 aliphatic heterocycles. The van der Waals surface area contributed by atoms with Crippen molar-refractivity contribution in [2.45, 2.75) is 6.42 Å². The molecule has 0 atom stereocenters. The molecule has 1 aromatic carbocycles. The zero-order chi connectivity index (χ0) is 12.8. The summed E-state index contributed by atoms with van der Waals surface area (Å²) >= 11 is 0. The van der Waals surface area contributed by atoms with E-state index >= 15 is 0 Å². The van der Waals surface area contributed by atoms with Gasteiger partial charge in [-0.1, -0.05) is 24.3 Å². The van der Waals surface area contributed by atoms with Crippen LogP contribution in [0.5, 0.6) is 5.75 Å². The average molecular weight is 242 g/mol. The number of aromatic nitrogens is 1. The van der Waals surface area contributed by atoms with E-state index in [1.165, 1.54) is 0 Å². The summed E-state index contributed by atoms with van der Waals surface area (Å²) in [6.07, 6.45) is 1.90. The number of pyridine rings is 1. The van der Waals surface area contributed by atoms with Crippen molar-refractivity contribution in [2.24, 2.45) is 0 Å². The minimum atomic E-state index is -0.113. The molecule has 1 N–H and O–H groups in total. The summed E-state index contributed by atoms with van der Waals surface area (Å²) in [5.74, 6) is 1.16. The van der Waals surface area contributed by atoms with E-state index in [2.05, 4.69) is 10.3 Å². The van der Waals surface area contributed by atoms with Gasteiger partial charge in [0.25, 0.3) is 0 Å². The number of amides is 1. The Hall–Kier alpha value is -2.36. The van der Waals surface area contributed by atoms with Crippen molar-refractivity contribution in [3.05, 3.63) is 54.2 Å². The first-order valence-corrected chi connectivity index (χ1v) is 5.62. The van der Waals surface area contributed by atoms with Crippen LogP contribution >= 0.6 is 0 Å². The predicted molar refractivity (Wildman–Crippen MR) is 69.6 cm³/mol. The molecule has 1 aromatic heterocycles. The van der Waals surface area contributed by atoms with Gasteiger partial charge in [0.2, 0.25) is 5.91 Å². The molecule has 0 fully saturated rings. The summed E-state index contributed by atoms with van der Waals surface area (Å²) in [5.41, 5.74) is 0.855. The molecule has 1 heterocycles. The fourth-order valence-electron chi connectivity index (χ4n) is 1.65. The highest BCUT2D eigenvalue weighted by Crippen LogP contribution is 2.18. The summed E-state index contributed by atoms with van der Waals surface area (Å²) in [7, 11) is 1.59. The van der Waals surface area contributed by atoms with Crippen molar-refractivity contribution < 1.29 is 9.53 Å². The maximum Gasteiger partial charge on any atom is 0.230 e. The van der Waals surface area contributed by atoms with Gasteiger partial charge in [-0.3, -0.25) is 4.79 Å². The van der Waals surface area contributed by atoms with Crippen molar-refractivity contribution in [3.63, 3.8) is 0 Å². The number of ether oxygens (including phenoxy) is 1. The third kappa shape index (κ3) is 3.07. The third-order valence-corrected chi connectivity index (χ3v) is 2.48. The molecule has 0 aliphatic carbocycles. The maximum absolute atomic E-state index is 11.8. The summed E-state index contributed by atoms with van der Waals surface area (Å²) < 4.78 is 5.20. The largest absolute Gasteiger partial charge is 0.496 e. The fourth-order valence-corrected chi connectivity index (χ4v) is 1.65. The molecule has 0 radical (unpaired) electrons. The summed E-state index contributed by atoms with van der Waals surface area (Å²) in [6.45, 7) is 0. The molecule has 1 amide bonds. The van der Waals surface area contributed by atoms with Crippen LogP contribution in [-0.2, 0) is 11.2 Å². The molecular weight excluding hydrogens is 228 g/mol. The van der Waals surface area contributed by atoms with Crippen molar-refractivity contribution in [2.75, 3.05) is 12.4 Å². The second-order valence-electron chi connectivity index (χ2n) is 3.75. The Balaban J connectivity index is 2.03. The van der Waals surface area contributed by atoms with Gasteiger partial charge < -0.3 is 10.1 Å². The van der Waals surface area contributed by atoms with Gasteiger partial charge in [-0.15, -0.1) is 0 Å². The average Bonchev–Trinajstić information content (AvgIpc) is 2.40. The van der Waals surface area contributed by atoms with Gasteiger partial charge in [0, 0.05) is 11.8 Å². The predicted octanol–water partition coefficient (Wildman–Crippen LogP) is 2.27. The molecule has 0 spiro atoms. The smallest absolute Gasteiger partial charge is 0.230 e. The lowest BCUT2D eigenvalue weighted by atomic mass is 10.1. The number of hydrogen-bond donors (Lipinski definition) is 1. The number of para-hydroxylation sites is 1. The van der Waals surface area contributed by atoms with Gasteiger partial charge in [-0.25, -0.2) is 4.98 Å². The second kappa shape index (κ2) is 5.82. The number of nitrogens with zero attached hydrogens (tertiary/aromatic N) is 1. The van der Waals surface area contributed by atoms with E-state index in [9.17, 15) is 4.79 Å². The summed E-state index contributed by atoms with van der Waals surface area (Å²) in [4.78, 5) is 15.9. The molecule has 0 saturated carbocycles. The van der Waals surface area contributed by atoms with Crippen LogP contribution in [0, 0.1) is 0 Å². The Bertz CT molecular complexity index is 526. The highest BCUT2D eigenvalue weighted by molar-refractivity contribution is 5.91. The van der Waals surface area contributed by atoms with Crippen molar-refractivity contribution in [1.29, 1.82) is 0 Å². The van der Waals surface area contributed by atoms with E-state index < -0.39 is 0 Å². The highest BCUT2D eigenvalue weighted by Gasteiger charge is 2.08. The Morgan fingerprint density at radius 1 is 1.22 bits per heavy atom. The third-order valence-electron chi connectivity index (χ3n) is 2.48. The van der Waals surface area contributed by atoms with Gasteiger partial charge in [0.15, 0.2) is 0 Å². The SMILES string of the molecule is COc1ccccc1CC(=O)Nc1ccccn1. The quantitative estimate of drug-likeness (QED) is 0.894. The molecule has 4 nitrogen and oxygen atoms in total. The lowest BCUT2D eigenvalue weighted by Gasteiger charge is -2.08. The number of nitrogens with one attached hydrogen (secondary N) is 1. The molecule has 0 saturated heterocycles. The number of carbonyl (C=O) groups excluding carboxylic acids is 1. The van der Waals surface area contributed by atoms with Crippen LogP contribution in [0.25, 0.3) is 0 Å². The van der Waals surface area contributed by atoms with Crippen LogP contribution in [-0.4, -0.2) is 18.0 Å². The normalized spacial score (nSPS) is 9.83. The Morgan fingerprint density at radius 2 is 2.00 bits per heavy atom. The number of benzene rings is 1. The van der Waals surface area contributed by atoms with Crippen molar-refractivity contribution in [3.8, 4) is 5.75 Å². The summed E-state index contributed by atoms with van der Waals surface area (Å²) in [6, 6.07) is 12.8. The number of carbonyl (C=O) groups is 1. The number of methoxy groups -OCH3 is 1. The van der Waals surface area contributed by atoms with E-state index in [1.54, 1.807) is 25.4 Å². The lowest BCUT2D eigenvalue weighted by Crippen LogP contribution is -2.15. The first-order valence-electron chi connectivity index (χ1n) is 5.62. The monoisotopic (exact) mass is 242 g/mol. The van der Waals surface area contributed by atoms with E-state index in [1.807, 2.05) is 30.3 Å². The maximum atomic E-state index is 11.8. The number of anilines is 1. The van der Waals surface area contributed by atoms with Crippen LogP contribution in [0.3, 0.4) is 0 Å².